The second-order valence-corrected chi connectivity index (χ2v) is 8.01. The van der Waals surface area contributed by atoms with Crippen LogP contribution in [0.3, 0.4) is 0 Å². The molecule has 0 saturated heterocycles. The fraction of sp³-hybridized carbons (Fsp3) is 0. The van der Waals surface area contributed by atoms with Gasteiger partial charge in [0.25, 0.3) is 0 Å². The third-order valence-electron chi connectivity index (χ3n) is 5.89. The summed E-state index contributed by atoms with van der Waals surface area (Å²) in [5, 5.41) is 10.7. The predicted octanol–water partition coefficient (Wildman–Crippen LogP) is 7.13. The highest BCUT2D eigenvalue weighted by molar-refractivity contribution is 5.96. The molecule has 1 N–H and O–H groups in total. The van der Waals surface area contributed by atoms with Gasteiger partial charge in [-0.3, -0.25) is 9.55 Å². The Morgan fingerprint density at radius 3 is 2.32 bits per heavy atom. The summed E-state index contributed by atoms with van der Waals surface area (Å²) in [5.74, 6) is 0.561. The van der Waals surface area contributed by atoms with Crippen molar-refractivity contribution >= 4 is 11.0 Å². The molecule has 0 spiro atoms. The zero-order valence-electron chi connectivity index (χ0n) is 19.3. The average molecular weight is 441 g/mol. The largest absolute Gasteiger partial charge is 0.507 e. The number of phenols is 1. The van der Waals surface area contributed by atoms with E-state index in [-0.39, 0.29) is 11.8 Å². The van der Waals surface area contributed by atoms with Crippen LogP contribution in [0, 0.1) is 0 Å². The lowest BCUT2D eigenvalue weighted by atomic mass is 10.0. The number of pyridine rings is 1. The third-order valence-corrected chi connectivity index (χ3v) is 5.89. The average Bonchev–Trinajstić information content (AvgIpc) is 3.29. The molecule has 4 aromatic carbocycles. The van der Waals surface area contributed by atoms with Gasteiger partial charge in [0.2, 0.25) is 0 Å². The predicted molar refractivity (Wildman–Crippen MR) is 137 cm³/mol. The quantitative estimate of drug-likeness (QED) is 0.317. The SMILES string of the molecule is [2H]c1cccc(O)c1-c1nc2c(-c3cccc(-c4ccccn4)c3)cccc2n1-c1ccccc1. The van der Waals surface area contributed by atoms with E-state index >= 15 is 0 Å². The molecule has 0 radical (unpaired) electrons. The molecule has 0 bridgehead atoms. The van der Waals surface area contributed by atoms with Gasteiger partial charge in [-0.25, -0.2) is 4.98 Å². The van der Waals surface area contributed by atoms with Crippen LogP contribution in [0.4, 0.5) is 0 Å². The molecular weight excluding hydrogens is 418 g/mol. The molecule has 34 heavy (non-hydrogen) atoms. The lowest BCUT2D eigenvalue weighted by Crippen LogP contribution is -1.97. The third kappa shape index (κ3) is 3.42. The first-order valence-corrected chi connectivity index (χ1v) is 11.1. The molecule has 0 aliphatic carbocycles. The molecule has 0 unspecified atom stereocenters. The number of aromatic nitrogens is 3. The van der Waals surface area contributed by atoms with Crippen LogP contribution in [-0.2, 0) is 0 Å². The fourth-order valence-electron chi connectivity index (χ4n) is 4.32. The summed E-state index contributed by atoms with van der Waals surface area (Å²) in [6.45, 7) is 0. The number of hydrogen-bond donors (Lipinski definition) is 1. The first kappa shape index (κ1) is 18.8. The Morgan fingerprint density at radius 1 is 0.706 bits per heavy atom. The molecule has 6 rings (SSSR count). The topological polar surface area (TPSA) is 50.9 Å². The van der Waals surface area contributed by atoms with E-state index < -0.39 is 0 Å². The van der Waals surface area contributed by atoms with Crippen molar-refractivity contribution in [2.24, 2.45) is 0 Å². The highest BCUT2D eigenvalue weighted by Crippen LogP contribution is 2.37. The van der Waals surface area contributed by atoms with Crippen LogP contribution in [0.1, 0.15) is 1.37 Å². The Balaban J connectivity index is 1.63. The maximum absolute atomic E-state index is 10.7. The van der Waals surface area contributed by atoms with E-state index in [9.17, 15) is 5.11 Å². The maximum atomic E-state index is 10.7. The van der Waals surface area contributed by atoms with E-state index in [1.807, 2.05) is 77.4 Å². The number of fused-ring (bicyclic) bond motifs is 1. The van der Waals surface area contributed by atoms with Crippen molar-refractivity contribution in [3.05, 3.63) is 121 Å². The van der Waals surface area contributed by atoms with Crippen molar-refractivity contribution in [1.29, 1.82) is 0 Å². The number of rotatable bonds is 4. The molecule has 0 aliphatic heterocycles. The zero-order valence-corrected chi connectivity index (χ0v) is 18.3. The Labute approximate surface area is 198 Å². The molecule has 0 saturated carbocycles. The Bertz CT molecular complexity index is 1640. The van der Waals surface area contributed by atoms with Crippen LogP contribution in [0.25, 0.3) is 50.5 Å². The molecule has 4 nitrogen and oxygen atoms in total. The Morgan fingerprint density at radius 2 is 1.50 bits per heavy atom. The van der Waals surface area contributed by atoms with E-state index in [0.29, 0.717) is 11.4 Å². The number of imidazole rings is 1. The van der Waals surface area contributed by atoms with Crippen molar-refractivity contribution in [1.82, 2.24) is 14.5 Å². The molecule has 162 valence electrons. The zero-order chi connectivity index (χ0) is 23.8. The number of nitrogens with zero attached hydrogens (tertiary/aromatic N) is 3. The molecular formula is C30H21N3O. The second kappa shape index (κ2) is 8.34. The molecule has 6 aromatic rings. The number of para-hydroxylation sites is 3. The number of phenolic OH excluding ortho intramolecular Hbond substituents is 1. The van der Waals surface area contributed by atoms with Gasteiger partial charge in [0.05, 0.1) is 23.7 Å². The highest BCUT2D eigenvalue weighted by atomic mass is 16.3. The van der Waals surface area contributed by atoms with Crippen molar-refractivity contribution in [2.45, 2.75) is 0 Å². The van der Waals surface area contributed by atoms with Gasteiger partial charge in [0.15, 0.2) is 0 Å². The van der Waals surface area contributed by atoms with Crippen molar-refractivity contribution in [3.8, 4) is 45.2 Å². The van der Waals surface area contributed by atoms with E-state index in [0.717, 1.165) is 39.1 Å². The van der Waals surface area contributed by atoms with Gasteiger partial charge in [-0.1, -0.05) is 66.7 Å². The Hall–Kier alpha value is -4.70. The van der Waals surface area contributed by atoms with Crippen LogP contribution in [0.5, 0.6) is 5.75 Å². The molecule has 0 fully saturated rings. The molecule has 2 aromatic heterocycles. The van der Waals surface area contributed by atoms with Gasteiger partial charge in [-0.05, 0) is 54.1 Å². The van der Waals surface area contributed by atoms with E-state index in [1.54, 1.807) is 24.4 Å². The minimum Gasteiger partial charge on any atom is -0.507 e. The maximum Gasteiger partial charge on any atom is 0.149 e. The first-order chi connectivity index (χ1) is 17.2. The van der Waals surface area contributed by atoms with Gasteiger partial charge in [0, 0.05) is 23.0 Å². The minimum atomic E-state index is 0.0312. The van der Waals surface area contributed by atoms with Gasteiger partial charge in [-0.2, -0.15) is 0 Å². The first-order valence-electron chi connectivity index (χ1n) is 11.6. The summed E-state index contributed by atoms with van der Waals surface area (Å²) < 4.78 is 10.5. The summed E-state index contributed by atoms with van der Waals surface area (Å²) >= 11 is 0. The molecule has 4 heteroatoms. The normalized spacial score (nSPS) is 11.5. The van der Waals surface area contributed by atoms with Crippen molar-refractivity contribution in [2.75, 3.05) is 0 Å². The fourth-order valence-corrected chi connectivity index (χ4v) is 4.32. The second-order valence-electron chi connectivity index (χ2n) is 8.01. The summed E-state index contributed by atoms with van der Waals surface area (Å²) in [5.41, 5.74) is 6.93. The number of benzene rings is 4. The standard InChI is InChI=1S/C30H21N3O/c34-28-18-5-4-14-25(28)30-32-29-24(15-9-17-27(29)33(30)23-12-2-1-3-13-23)21-10-8-11-22(20-21)26-16-6-7-19-31-26/h1-20,34H/i14D. The van der Waals surface area contributed by atoms with E-state index in [1.165, 1.54) is 0 Å². The van der Waals surface area contributed by atoms with Crippen LogP contribution < -0.4 is 0 Å². The van der Waals surface area contributed by atoms with Gasteiger partial charge >= 0.3 is 0 Å². The van der Waals surface area contributed by atoms with Gasteiger partial charge < -0.3 is 5.11 Å². The van der Waals surface area contributed by atoms with E-state index in [4.69, 9.17) is 6.35 Å². The van der Waals surface area contributed by atoms with Crippen LogP contribution in [0.2, 0.25) is 0 Å². The molecule has 0 aliphatic rings. The Kier molecular flexibility index (Phi) is 4.62. The smallest absolute Gasteiger partial charge is 0.149 e. The number of aromatic hydroxyl groups is 1. The molecule has 0 amide bonds. The van der Waals surface area contributed by atoms with Gasteiger partial charge in [0.1, 0.15) is 11.6 Å². The lowest BCUT2D eigenvalue weighted by Gasteiger charge is -2.10. The summed E-state index contributed by atoms with van der Waals surface area (Å²) in [6, 6.07) is 35.3. The van der Waals surface area contributed by atoms with Crippen LogP contribution in [0.15, 0.2) is 121 Å². The minimum absolute atomic E-state index is 0.0312. The lowest BCUT2D eigenvalue weighted by molar-refractivity contribution is 0.477. The number of hydrogen-bond acceptors (Lipinski definition) is 3. The molecule has 0 atom stereocenters. The van der Waals surface area contributed by atoms with Crippen LogP contribution >= 0.6 is 0 Å². The van der Waals surface area contributed by atoms with Gasteiger partial charge in [-0.15, -0.1) is 0 Å². The van der Waals surface area contributed by atoms with E-state index in [2.05, 4.69) is 23.2 Å². The molecule has 2 heterocycles. The van der Waals surface area contributed by atoms with Crippen molar-refractivity contribution < 1.29 is 6.48 Å². The summed E-state index contributed by atoms with van der Waals surface area (Å²) in [6.07, 6.45) is 1.79. The summed E-state index contributed by atoms with van der Waals surface area (Å²) in [4.78, 5) is 9.52. The monoisotopic (exact) mass is 440 g/mol. The summed E-state index contributed by atoms with van der Waals surface area (Å²) in [7, 11) is 0. The van der Waals surface area contributed by atoms with Crippen LogP contribution in [-0.4, -0.2) is 19.6 Å². The highest BCUT2D eigenvalue weighted by Gasteiger charge is 2.19. The van der Waals surface area contributed by atoms with Crippen molar-refractivity contribution in [3.63, 3.8) is 0 Å².